The molecule has 1 amide bonds. The summed E-state index contributed by atoms with van der Waals surface area (Å²) in [7, 11) is 0. The number of alkyl halides is 3. The van der Waals surface area contributed by atoms with Crippen molar-refractivity contribution in [1.82, 2.24) is 10.6 Å². The average molecular weight is 726 g/mol. The third-order valence-electron chi connectivity index (χ3n) is 7.40. The Bertz CT molecular complexity index is 1400. The van der Waals surface area contributed by atoms with E-state index in [0.29, 0.717) is 0 Å². The zero-order valence-corrected chi connectivity index (χ0v) is 28.4. The maximum absolute atomic E-state index is 13.1. The highest BCUT2D eigenvalue weighted by Gasteiger charge is 2.50. The predicted octanol–water partition coefficient (Wildman–Crippen LogP) is 4.99. The van der Waals surface area contributed by atoms with Crippen LogP contribution in [0.2, 0.25) is 0 Å². The molecule has 7 atom stereocenters. The van der Waals surface area contributed by atoms with Crippen LogP contribution in [0.15, 0.2) is 91.0 Å². The number of halogens is 3. The smallest absolute Gasteiger partial charge is 0.407 e. The number of amides is 1. The summed E-state index contributed by atoms with van der Waals surface area (Å²) in [5.74, 6) is -1.34. The van der Waals surface area contributed by atoms with Crippen molar-refractivity contribution in [3.05, 3.63) is 108 Å². The lowest BCUT2D eigenvalue weighted by atomic mass is 9.94. The molecule has 3 aromatic carbocycles. The SMILES string of the molecule is C[C@@H](O)[C@H](N[C@H]1O[C@H](COCc2ccccc2)[C@H](OCc2ccccc2)[C@H](OCc2ccccc2)[C@H]1NC(=O)OCC(Cl)(Cl)Cl)C(=O)O. The number of rotatable bonds is 16. The second kappa shape index (κ2) is 18.7. The zero-order chi connectivity index (χ0) is 34.5. The van der Waals surface area contributed by atoms with Crippen molar-refractivity contribution in [2.45, 2.75) is 73.3 Å². The van der Waals surface area contributed by atoms with Gasteiger partial charge in [-0.25, -0.2) is 4.79 Å². The third-order valence-corrected chi connectivity index (χ3v) is 7.73. The second-order valence-corrected chi connectivity index (χ2v) is 13.7. The minimum absolute atomic E-state index is 0.00851. The van der Waals surface area contributed by atoms with Gasteiger partial charge in [-0.2, -0.15) is 0 Å². The first kappa shape index (κ1) is 37.8. The number of hydrogen-bond acceptors (Lipinski definition) is 9. The lowest BCUT2D eigenvalue weighted by molar-refractivity contribution is -0.239. The van der Waals surface area contributed by atoms with Gasteiger partial charge in [-0.15, -0.1) is 0 Å². The van der Waals surface area contributed by atoms with Crippen molar-refractivity contribution < 1.29 is 43.5 Å². The van der Waals surface area contributed by atoms with E-state index in [2.05, 4.69) is 10.6 Å². The molecule has 1 aliphatic heterocycles. The zero-order valence-electron chi connectivity index (χ0n) is 26.1. The molecule has 0 radical (unpaired) electrons. The first-order valence-corrected chi connectivity index (χ1v) is 16.4. The minimum atomic E-state index is -1.88. The number of ether oxygens (including phenoxy) is 5. The standard InChI is InChI=1S/C34H39Cl3N2O9/c1-22(40)27(32(41)42)38-31-28(39-33(43)47-21-34(35,36)37)30(46-19-25-15-9-4-10-16-25)29(45-18-24-13-7-3-8-14-24)26(48-31)20-44-17-23-11-5-2-6-12-23/h2-16,22,26-31,38,40H,17-21H2,1H3,(H,39,43)(H,41,42)/t22-,26-,27+,28-,29+,30-,31+/m1/s1. The minimum Gasteiger partial charge on any atom is -0.480 e. The summed E-state index contributed by atoms with van der Waals surface area (Å²) in [5.41, 5.74) is 2.63. The summed E-state index contributed by atoms with van der Waals surface area (Å²) in [5, 5.41) is 25.8. The number of alkyl carbamates (subject to hydrolysis) is 1. The molecule has 0 aromatic heterocycles. The van der Waals surface area contributed by atoms with Crippen LogP contribution < -0.4 is 10.6 Å². The normalized spacial score (nSPS) is 22.4. The summed E-state index contributed by atoms with van der Waals surface area (Å²) in [6.07, 6.45) is -6.26. The number of carbonyl (C=O) groups excluding carboxylic acids is 1. The Balaban J connectivity index is 1.70. The highest BCUT2D eigenvalue weighted by atomic mass is 35.6. The number of aliphatic hydroxyl groups is 1. The van der Waals surface area contributed by atoms with Gasteiger partial charge in [0.1, 0.15) is 43.2 Å². The van der Waals surface area contributed by atoms with Gasteiger partial charge in [0.05, 0.1) is 32.5 Å². The number of aliphatic hydroxyl groups excluding tert-OH is 1. The number of carbonyl (C=O) groups is 2. The molecule has 0 spiro atoms. The molecule has 0 unspecified atom stereocenters. The van der Waals surface area contributed by atoms with Crippen molar-refractivity contribution in [2.75, 3.05) is 13.2 Å². The molecule has 48 heavy (non-hydrogen) atoms. The van der Waals surface area contributed by atoms with Crippen molar-refractivity contribution >= 4 is 46.9 Å². The van der Waals surface area contributed by atoms with E-state index in [9.17, 15) is 19.8 Å². The van der Waals surface area contributed by atoms with Crippen LogP contribution in [0.4, 0.5) is 4.79 Å². The topological polar surface area (TPSA) is 145 Å². The quantitative estimate of drug-likeness (QED) is 0.149. The Morgan fingerprint density at radius 2 is 1.33 bits per heavy atom. The van der Waals surface area contributed by atoms with E-state index >= 15 is 0 Å². The number of aliphatic carboxylic acids is 1. The Labute approximate surface area is 294 Å². The van der Waals surface area contributed by atoms with Crippen LogP contribution in [-0.4, -0.2) is 82.0 Å². The molecule has 1 aliphatic rings. The average Bonchev–Trinajstić information content (AvgIpc) is 3.06. The summed E-state index contributed by atoms with van der Waals surface area (Å²) >= 11 is 17.4. The van der Waals surface area contributed by atoms with Crippen LogP contribution in [0.1, 0.15) is 23.6 Å². The maximum Gasteiger partial charge on any atom is 0.407 e. The van der Waals surface area contributed by atoms with E-state index in [-0.39, 0.29) is 26.4 Å². The fourth-order valence-corrected chi connectivity index (χ4v) is 5.26. The predicted molar refractivity (Wildman–Crippen MR) is 180 cm³/mol. The van der Waals surface area contributed by atoms with Crippen molar-refractivity contribution in [3.8, 4) is 0 Å². The molecule has 0 aliphatic carbocycles. The van der Waals surface area contributed by atoms with Crippen LogP contribution in [0.3, 0.4) is 0 Å². The molecule has 1 saturated heterocycles. The Morgan fingerprint density at radius 3 is 1.81 bits per heavy atom. The molecule has 1 heterocycles. The van der Waals surface area contributed by atoms with Crippen LogP contribution in [0.5, 0.6) is 0 Å². The Kier molecular flexibility index (Phi) is 14.7. The van der Waals surface area contributed by atoms with Gasteiger partial charge in [0.2, 0.25) is 3.79 Å². The number of carboxylic acid groups (broad SMARTS) is 1. The van der Waals surface area contributed by atoms with Gasteiger partial charge < -0.3 is 39.2 Å². The fraction of sp³-hybridized carbons (Fsp3) is 0.412. The molecule has 1 fully saturated rings. The van der Waals surface area contributed by atoms with Crippen molar-refractivity contribution in [1.29, 1.82) is 0 Å². The number of nitrogens with one attached hydrogen (secondary N) is 2. The van der Waals surface area contributed by atoms with Crippen LogP contribution in [0, 0.1) is 0 Å². The molecule has 0 bridgehead atoms. The van der Waals surface area contributed by atoms with E-state index in [1.54, 1.807) is 0 Å². The number of hydrogen-bond donors (Lipinski definition) is 4. The van der Waals surface area contributed by atoms with Crippen molar-refractivity contribution in [3.63, 3.8) is 0 Å². The second-order valence-electron chi connectivity index (χ2n) is 11.2. The molecular weight excluding hydrogens is 687 g/mol. The molecular formula is C34H39Cl3N2O9. The van der Waals surface area contributed by atoms with Crippen LogP contribution >= 0.6 is 34.8 Å². The Hall–Kier alpha value is -2.97. The summed E-state index contributed by atoms with van der Waals surface area (Å²) in [6, 6.07) is 25.7. The summed E-state index contributed by atoms with van der Waals surface area (Å²) in [6.45, 7) is 1.27. The van der Waals surface area contributed by atoms with Crippen LogP contribution in [0.25, 0.3) is 0 Å². The molecule has 0 saturated carbocycles. The highest BCUT2D eigenvalue weighted by molar-refractivity contribution is 6.67. The molecule has 14 heteroatoms. The highest BCUT2D eigenvalue weighted by Crippen LogP contribution is 2.29. The first-order chi connectivity index (χ1) is 23.0. The summed E-state index contributed by atoms with van der Waals surface area (Å²) in [4.78, 5) is 25.3. The van der Waals surface area contributed by atoms with Gasteiger partial charge in [-0.1, -0.05) is 126 Å². The largest absolute Gasteiger partial charge is 0.480 e. The maximum atomic E-state index is 13.1. The van der Waals surface area contributed by atoms with E-state index in [0.717, 1.165) is 16.7 Å². The molecule has 4 N–H and O–H groups in total. The third kappa shape index (κ3) is 12.2. The lowest BCUT2D eigenvalue weighted by Crippen LogP contribution is -2.70. The van der Waals surface area contributed by atoms with E-state index in [4.69, 9.17) is 58.5 Å². The van der Waals surface area contributed by atoms with Gasteiger partial charge >= 0.3 is 12.1 Å². The lowest BCUT2D eigenvalue weighted by Gasteiger charge is -2.47. The fourth-order valence-electron chi connectivity index (χ4n) is 5.09. The van der Waals surface area contributed by atoms with Crippen LogP contribution in [-0.2, 0) is 48.3 Å². The molecule has 11 nitrogen and oxygen atoms in total. The van der Waals surface area contributed by atoms with E-state index in [1.807, 2.05) is 91.0 Å². The van der Waals surface area contributed by atoms with Gasteiger partial charge in [-0.05, 0) is 23.6 Å². The van der Waals surface area contributed by atoms with Gasteiger partial charge in [0.25, 0.3) is 0 Å². The number of carboxylic acids is 1. The summed E-state index contributed by atoms with van der Waals surface area (Å²) < 4.78 is 28.8. The van der Waals surface area contributed by atoms with E-state index in [1.165, 1.54) is 6.92 Å². The van der Waals surface area contributed by atoms with E-state index < -0.39 is 65.2 Å². The Morgan fingerprint density at radius 1 is 0.833 bits per heavy atom. The molecule has 4 rings (SSSR count). The molecule has 3 aromatic rings. The molecule has 260 valence electrons. The number of benzene rings is 3. The van der Waals surface area contributed by atoms with Gasteiger partial charge in [-0.3, -0.25) is 10.1 Å². The van der Waals surface area contributed by atoms with Gasteiger partial charge in [0.15, 0.2) is 0 Å². The van der Waals surface area contributed by atoms with Gasteiger partial charge in [0, 0.05) is 0 Å². The first-order valence-electron chi connectivity index (χ1n) is 15.3. The van der Waals surface area contributed by atoms with Crippen molar-refractivity contribution in [2.24, 2.45) is 0 Å². The monoisotopic (exact) mass is 724 g/mol.